The van der Waals surface area contributed by atoms with E-state index in [0.29, 0.717) is 30.0 Å². The van der Waals surface area contributed by atoms with Crippen LogP contribution in [0.4, 0.5) is 5.69 Å². The number of hydrogen-bond donors (Lipinski definition) is 1. The Morgan fingerprint density at radius 2 is 2.29 bits per heavy atom. The van der Waals surface area contributed by atoms with Crippen LogP contribution in [0.3, 0.4) is 0 Å². The molecular formula is C8H12N2O3S. The summed E-state index contributed by atoms with van der Waals surface area (Å²) in [4.78, 5) is 0. The average molecular weight is 216 g/mol. The minimum atomic E-state index is -3.06. The summed E-state index contributed by atoms with van der Waals surface area (Å²) < 4.78 is 28.1. The molecule has 2 heterocycles. The largest absolute Gasteiger partial charge is 0.394 e. The number of anilines is 1. The molecule has 78 valence electrons. The van der Waals surface area contributed by atoms with Crippen molar-refractivity contribution in [2.75, 3.05) is 11.5 Å². The van der Waals surface area contributed by atoms with Crippen LogP contribution in [0.2, 0.25) is 0 Å². The Kier molecular flexibility index (Phi) is 2.02. The van der Waals surface area contributed by atoms with Crippen molar-refractivity contribution >= 4 is 15.5 Å². The first-order valence-electron chi connectivity index (χ1n) is 4.45. The van der Waals surface area contributed by atoms with Crippen LogP contribution in [0, 0.1) is 6.92 Å². The Bertz CT molecular complexity index is 449. The Morgan fingerprint density at radius 3 is 2.71 bits per heavy atom. The fourth-order valence-electron chi connectivity index (χ4n) is 1.71. The van der Waals surface area contributed by atoms with Crippen molar-refractivity contribution in [2.24, 2.45) is 0 Å². The van der Waals surface area contributed by atoms with Gasteiger partial charge in [-0.2, -0.15) is 0 Å². The van der Waals surface area contributed by atoms with E-state index in [1.165, 1.54) is 0 Å². The third-order valence-corrected chi connectivity index (χ3v) is 4.73. The highest BCUT2D eigenvalue weighted by atomic mass is 32.2. The molecule has 0 aliphatic carbocycles. The lowest BCUT2D eigenvalue weighted by Crippen LogP contribution is -2.08. The number of nitrogen functional groups attached to an aromatic ring is 1. The molecule has 0 amide bonds. The summed E-state index contributed by atoms with van der Waals surface area (Å²) in [6.45, 7) is 1.70. The van der Waals surface area contributed by atoms with Gasteiger partial charge >= 0.3 is 0 Å². The van der Waals surface area contributed by atoms with E-state index in [9.17, 15) is 8.42 Å². The Morgan fingerprint density at radius 1 is 1.57 bits per heavy atom. The summed E-state index contributed by atoms with van der Waals surface area (Å²) in [5.41, 5.74) is 6.62. The SMILES string of the molecule is Cc1noc(C2CCCS2(=O)=O)c1N. The summed E-state index contributed by atoms with van der Waals surface area (Å²) in [7, 11) is -3.06. The number of rotatable bonds is 1. The maximum absolute atomic E-state index is 11.6. The smallest absolute Gasteiger partial charge is 0.177 e. The van der Waals surface area contributed by atoms with Gasteiger partial charge < -0.3 is 10.3 Å². The molecule has 5 nitrogen and oxygen atoms in total. The summed E-state index contributed by atoms with van der Waals surface area (Å²) in [6.07, 6.45) is 1.26. The lowest BCUT2D eigenvalue weighted by atomic mass is 10.2. The third kappa shape index (κ3) is 1.30. The number of nitrogens with zero attached hydrogens (tertiary/aromatic N) is 1. The molecule has 1 aromatic heterocycles. The predicted molar refractivity (Wildman–Crippen MR) is 51.4 cm³/mol. The molecule has 6 heteroatoms. The van der Waals surface area contributed by atoms with Crippen LogP contribution in [0.25, 0.3) is 0 Å². The van der Waals surface area contributed by atoms with Gasteiger partial charge in [-0.05, 0) is 19.8 Å². The van der Waals surface area contributed by atoms with Crippen molar-refractivity contribution in [3.8, 4) is 0 Å². The minimum absolute atomic E-state index is 0.219. The van der Waals surface area contributed by atoms with Gasteiger partial charge in [-0.3, -0.25) is 0 Å². The van der Waals surface area contributed by atoms with E-state index < -0.39 is 15.1 Å². The molecule has 2 N–H and O–H groups in total. The molecule has 1 atom stereocenters. The highest BCUT2D eigenvalue weighted by Gasteiger charge is 2.37. The van der Waals surface area contributed by atoms with Gasteiger partial charge in [0.2, 0.25) is 0 Å². The zero-order valence-electron chi connectivity index (χ0n) is 7.86. The van der Waals surface area contributed by atoms with Crippen molar-refractivity contribution in [3.05, 3.63) is 11.5 Å². The number of hydrogen-bond acceptors (Lipinski definition) is 5. The van der Waals surface area contributed by atoms with Crippen molar-refractivity contribution < 1.29 is 12.9 Å². The van der Waals surface area contributed by atoms with Crippen molar-refractivity contribution in [1.29, 1.82) is 0 Å². The average Bonchev–Trinajstić information content (AvgIpc) is 2.59. The van der Waals surface area contributed by atoms with Gasteiger partial charge in [0.05, 0.1) is 11.4 Å². The van der Waals surface area contributed by atoms with Crippen LogP contribution in [-0.2, 0) is 9.84 Å². The third-order valence-electron chi connectivity index (χ3n) is 2.56. The van der Waals surface area contributed by atoms with Crippen LogP contribution in [0.15, 0.2) is 4.52 Å². The number of aryl methyl sites for hydroxylation is 1. The van der Waals surface area contributed by atoms with Crippen molar-refractivity contribution in [3.63, 3.8) is 0 Å². The van der Waals surface area contributed by atoms with Gasteiger partial charge in [-0.15, -0.1) is 0 Å². The fraction of sp³-hybridized carbons (Fsp3) is 0.625. The van der Waals surface area contributed by atoms with E-state index in [1.807, 2.05) is 0 Å². The number of sulfone groups is 1. The Balaban J connectivity index is 2.46. The fourth-order valence-corrected chi connectivity index (χ4v) is 3.59. The summed E-state index contributed by atoms with van der Waals surface area (Å²) in [5, 5.41) is 3.08. The topological polar surface area (TPSA) is 86.2 Å². The molecule has 0 bridgehead atoms. The standard InChI is InChI=1S/C8H12N2O3S/c1-5-7(9)8(13-10-5)6-3-2-4-14(6,11)12/h6H,2-4,9H2,1H3. The van der Waals surface area contributed by atoms with Crippen LogP contribution < -0.4 is 5.73 Å². The first kappa shape index (κ1) is 9.51. The second kappa shape index (κ2) is 2.98. The van der Waals surface area contributed by atoms with E-state index in [0.717, 1.165) is 0 Å². The molecule has 0 saturated carbocycles. The first-order chi connectivity index (χ1) is 6.52. The molecule has 2 rings (SSSR count). The molecule has 0 aromatic carbocycles. The zero-order valence-corrected chi connectivity index (χ0v) is 8.67. The second-order valence-electron chi connectivity index (χ2n) is 3.54. The van der Waals surface area contributed by atoms with Gasteiger partial charge in [-0.1, -0.05) is 5.16 Å². The zero-order chi connectivity index (χ0) is 10.3. The normalized spacial score (nSPS) is 25.4. The highest BCUT2D eigenvalue weighted by molar-refractivity contribution is 7.91. The lowest BCUT2D eigenvalue weighted by Gasteiger charge is -2.04. The molecule has 1 aromatic rings. The Hall–Kier alpha value is -1.04. The van der Waals surface area contributed by atoms with Gasteiger partial charge in [0.25, 0.3) is 0 Å². The van der Waals surface area contributed by atoms with E-state index in [-0.39, 0.29) is 5.75 Å². The molecule has 1 fully saturated rings. The van der Waals surface area contributed by atoms with E-state index in [1.54, 1.807) is 6.92 Å². The first-order valence-corrected chi connectivity index (χ1v) is 6.17. The molecule has 0 spiro atoms. The summed E-state index contributed by atoms with van der Waals surface area (Å²) in [6, 6.07) is 0. The minimum Gasteiger partial charge on any atom is -0.394 e. The molecular weight excluding hydrogens is 204 g/mol. The van der Waals surface area contributed by atoms with Crippen LogP contribution in [0.1, 0.15) is 29.5 Å². The van der Waals surface area contributed by atoms with Crippen LogP contribution in [0.5, 0.6) is 0 Å². The molecule has 1 aliphatic rings. The molecule has 1 aliphatic heterocycles. The van der Waals surface area contributed by atoms with Gasteiger partial charge in [0.15, 0.2) is 15.6 Å². The van der Waals surface area contributed by atoms with Gasteiger partial charge in [0, 0.05) is 0 Å². The Labute approximate surface area is 82.2 Å². The van der Waals surface area contributed by atoms with Crippen molar-refractivity contribution in [2.45, 2.75) is 25.0 Å². The van der Waals surface area contributed by atoms with E-state index in [2.05, 4.69) is 5.16 Å². The summed E-state index contributed by atoms with van der Waals surface area (Å²) >= 11 is 0. The van der Waals surface area contributed by atoms with Crippen LogP contribution >= 0.6 is 0 Å². The number of nitrogens with two attached hydrogens (primary N) is 1. The van der Waals surface area contributed by atoms with Gasteiger partial charge in [0.1, 0.15) is 10.9 Å². The highest BCUT2D eigenvalue weighted by Crippen LogP contribution is 2.38. The van der Waals surface area contributed by atoms with Crippen molar-refractivity contribution in [1.82, 2.24) is 5.16 Å². The summed E-state index contributed by atoms with van der Waals surface area (Å²) in [5.74, 6) is 0.539. The molecule has 1 unspecified atom stereocenters. The van der Waals surface area contributed by atoms with E-state index >= 15 is 0 Å². The lowest BCUT2D eigenvalue weighted by molar-refractivity contribution is 0.374. The predicted octanol–water partition coefficient (Wildman–Crippen LogP) is 0.815. The van der Waals surface area contributed by atoms with Gasteiger partial charge in [-0.25, -0.2) is 8.42 Å². The molecule has 0 radical (unpaired) electrons. The molecule has 1 saturated heterocycles. The second-order valence-corrected chi connectivity index (χ2v) is 5.85. The monoisotopic (exact) mass is 216 g/mol. The maximum atomic E-state index is 11.6. The number of aromatic nitrogens is 1. The quantitative estimate of drug-likeness (QED) is 0.750. The van der Waals surface area contributed by atoms with E-state index in [4.69, 9.17) is 10.3 Å². The maximum Gasteiger partial charge on any atom is 0.177 e. The van der Waals surface area contributed by atoms with Crippen LogP contribution in [-0.4, -0.2) is 19.3 Å². The molecule has 14 heavy (non-hydrogen) atoms.